The Morgan fingerprint density at radius 3 is 2.65 bits per heavy atom. The molecule has 1 N–H and O–H groups in total. The Bertz CT molecular complexity index is 423. The van der Waals surface area contributed by atoms with Crippen molar-refractivity contribution in [3.63, 3.8) is 0 Å². The van der Waals surface area contributed by atoms with E-state index in [1.54, 1.807) is 0 Å². The normalized spacial score (nSPS) is 10.0. The second-order valence-electron chi connectivity index (χ2n) is 3.86. The first-order valence-electron chi connectivity index (χ1n) is 5.40. The summed E-state index contributed by atoms with van der Waals surface area (Å²) in [5.41, 5.74) is 2.76. The summed E-state index contributed by atoms with van der Waals surface area (Å²) in [4.78, 5) is 21.8. The lowest BCUT2D eigenvalue weighted by Crippen LogP contribution is -2.09. The molecular formula is C13H16O4. The molecule has 0 radical (unpaired) electrons. The zero-order chi connectivity index (χ0) is 12.8. The van der Waals surface area contributed by atoms with Gasteiger partial charge >= 0.3 is 11.9 Å². The van der Waals surface area contributed by atoms with Gasteiger partial charge in [0.05, 0.1) is 13.5 Å². The van der Waals surface area contributed by atoms with Crippen LogP contribution in [0.3, 0.4) is 0 Å². The van der Waals surface area contributed by atoms with Crippen molar-refractivity contribution in [1.82, 2.24) is 0 Å². The Hall–Kier alpha value is -1.84. The third kappa shape index (κ3) is 3.90. The third-order valence-electron chi connectivity index (χ3n) is 2.66. The van der Waals surface area contributed by atoms with Crippen LogP contribution in [0.2, 0.25) is 0 Å². The van der Waals surface area contributed by atoms with E-state index in [1.807, 2.05) is 25.1 Å². The van der Waals surface area contributed by atoms with Gasteiger partial charge in [0.25, 0.3) is 0 Å². The summed E-state index contributed by atoms with van der Waals surface area (Å²) in [6.07, 6.45) is 0.694. The van der Waals surface area contributed by atoms with E-state index in [0.29, 0.717) is 6.42 Å². The number of ether oxygens (including phenoxy) is 1. The number of methoxy groups -OCH3 is 1. The highest BCUT2D eigenvalue weighted by Gasteiger charge is 2.11. The number of hydrogen-bond acceptors (Lipinski definition) is 3. The van der Waals surface area contributed by atoms with E-state index >= 15 is 0 Å². The molecule has 0 amide bonds. The monoisotopic (exact) mass is 236 g/mol. The summed E-state index contributed by atoms with van der Waals surface area (Å²) in [6, 6.07) is 5.63. The van der Waals surface area contributed by atoms with Crippen LogP contribution in [0.5, 0.6) is 0 Å². The van der Waals surface area contributed by atoms with Gasteiger partial charge in [-0.25, -0.2) is 0 Å². The molecule has 17 heavy (non-hydrogen) atoms. The lowest BCUT2D eigenvalue weighted by Gasteiger charge is -2.10. The summed E-state index contributed by atoms with van der Waals surface area (Å²) < 4.78 is 4.63. The van der Waals surface area contributed by atoms with Crippen molar-refractivity contribution < 1.29 is 19.4 Å². The van der Waals surface area contributed by atoms with Crippen LogP contribution in [-0.4, -0.2) is 24.2 Å². The molecule has 0 heterocycles. The van der Waals surface area contributed by atoms with Gasteiger partial charge < -0.3 is 9.84 Å². The molecular weight excluding hydrogens is 220 g/mol. The highest BCUT2D eigenvalue weighted by atomic mass is 16.5. The first kappa shape index (κ1) is 13.2. The summed E-state index contributed by atoms with van der Waals surface area (Å²) in [7, 11) is 1.34. The van der Waals surface area contributed by atoms with Gasteiger partial charge in [0, 0.05) is 6.42 Å². The molecule has 0 saturated carbocycles. The molecule has 0 atom stereocenters. The Morgan fingerprint density at radius 1 is 1.35 bits per heavy atom. The molecule has 4 heteroatoms. The molecule has 0 spiro atoms. The third-order valence-corrected chi connectivity index (χ3v) is 2.66. The van der Waals surface area contributed by atoms with Gasteiger partial charge in [0.2, 0.25) is 0 Å². The number of benzene rings is 1. The molecule has 0 aliphatic heterocycles. The minimum Gasteiger partial charge on any atom is -0.481 e. The van der Waals surface area contributed by atoms with Crippen molar-refractivity contribution in [2.24, 2.45) is 0 Å². The van der Waals surface area contributed by atoms with Crippen molar-refractivity contribution in [2.75, 3.05) is 7.11 Å². The van der Waals surface area contributed by atoms with E-state index in [0.717, 1.165) is 16.7 Å². The Morgan fingerprint density at radius 2 is 2.06 bits per heavy atom. The molecule has 1 aromatic rings. The topological polar surface area (TPSA) is 63.6 Å². The first-order valence-corrected chi connectivity index (χ1v) is 5.40. The second-order valence-corrected chi connectivity index (χ2v) is 3.86. The SMILES string of the molecule is COC(=O)Cc1c(C)cccc1CCC(=O)O. The number of carbonyl (C=O) groups excluding carboxylic acids is 1. The molecule has 0 saturated heterocycles. The van der Waals surface area contributed by atoms with Crippen LogP contribution in [0.4, 0.5) is 0 Å². The summed E-state index contributed by atoms with van der Waals surface area (Å²) >= 11 is 0. The van der Waals surface area contributed by atoms with E-state index in [2.05, 4.69) is 4.74 Å². The predicted molar refractivity (Wildman–Crippen MR) is 62.9 cm³/mol. The summed E-state index contributed by atoms with van der Waals surface area (Å²) in [5.74, 6) is -1.15. The van der Waals surface area contributed by atoms with Crippen molar-refractivity contribution in [3.05, 3.63) is 34.9 Å². The average Bonchev–Trinajstić information content (AvgIpc) is 2.29. The van der Waals surface area contributed by atoms with Crippen molar-refractivity contribution in [1.29, 1.82) is 0 Å². The molecule has 0 aliphatic carbocycles. The molecule has 0 unspecified atom stereocenters. The molecule has 0 bridgehead atoms. The van der Waals surface area contributed by atoms with Gasteiger partial charge in [-0.05, 0) is 30.0 Å². The Balaban J connectivity index is 2.91. The fourth-order valence-electron chi connectivity index (χ4n) is 1.71. The first-order chi connectivity index (χ1) is 8.04. The van der Waals surface area contributed by atoms with Crippen molar-refractivity contribution >= 4 is 11.9 Å². The average molecular weight is 236 g/mol. The zero-order valence-electron chi connectivity index (χ0n) is 10.0. The van der Waals surface area contributed by atoms with Crippen LogP contribution in [0.1, 0.15) is 23.1 Å². The minimum absolute atomic E-state index is 0.0671. The second kappa shape index (κ2) is 6.03. The van der Waals surface area contributed by atoms with Crippen molar-refractivity contribution in [3.8, 4) is 0 Å². The van der Waals surface area contributed by atoms with Gasteiger partial charge in [-0.3, -0.25) is 9.59 Å². The molecule has 92 valence electrons. The van der Waals surface area contributed by atoms with Crippen LogP contribution >= 0.6 is 0 Å². The number of hydrogen-bond donors (Lipinski definition) is 1. The van der Waals surface area contributed by atoms with Gasteiger partial charge in [-0.15, -0.1) is 0 Å². The van der Waals surface area contributed by atoms with Crippen LogP contribution in [0.15, 0.2) is 18.2 Å². The predicted octanol–water partition coefficient (Wildman–Crippen LogP) is 1.73. The Kier molecular flexibility index (Phi) is 4.69. The quantitative estimate of drug-likeness (QED) is 0.791. The molecule has 1 rings (SSSR count). The number of carbonyl (C=O) groups is 2. The molecule has 4 nitrogen and oxygen atoms in total. The number of aliphatic carboxylic acids is 1. The van der Waals surface area contributed by atoms with Crippen molar-refractivity contribution in [2.45, 2.75) is 26.2 Å². The van der Waals surface area contributed by atoms with E-state index in [9.17, 15) is 9.59 Å². The maximum absolute atomic E-state index is 11.3. The highest BCUT2D eigenvalue weighted by Crippen LogP contribution is 2.17. The van der Waals surface area contributed by atoms with E-state index < -0.39 is 5.97 Å². The molecule has 0 aliphatic rings. The molecule has 1 aromatic carbocycles. The zero-order valence-corrected chi connectivity index (χ0v) is 10.0. The maximum Gasteiger partial charge on any atom is 0.309 e. The van der Waals surface area contributed by atoms with Gasteiger partial charge in [0.15, 0.2) is 0 Å². The standard InChI is InChI=1S/C13H16O4/c1-9-4-3-5-10(6-7-12(14)15)11(9)8-13(16)17-2/h3-5H,6-8H2,1-2H3,(H,14,15). The van der Waals surface area contributed by atoms with Gasteiger partial charge in [-0.2, -0.15) is 0 Å². The number of rotatable bonds is 5. The Labute approximate surface area is 100 Å². The number of esters is 1. The summed E-state index contributed by atoms with van der Waals surface area (Å²) in [5, 5.41) is 8.67. The van der Waals surface area contributed by atoms with Crippen LogP contribution < -0.4 is 0 Å². The maximum atomic E-state index is 11.3. The largest absolute Gasteiger partial charge is 0.481 e. The molecule has 0 fully saturated rings. The fourth-order valence-corrected chi connectivity index (χ4v) is 1.71. The van der Waals surface area contributed by atoms with Crippen LogP contribution in [0, 0.1) is 6.92 Å². The lowest BCUT2D eigenvalue weighted by molar-refractivity contribution is -0.140. The number of carboxylic acid groups (broad SMARTS) is 1. The number of aryl methyl sites for hydroxylation is 2. The lowest BCUT2D eigenvalue weighted by atomic mass is 9.96. The van der Waals surface area contributed by atoms with Crippen LogP contribution in [0.25, 0.3) is 0 Å². The smallest absolute Gasteiger partial charge is 0.309 e. The fraction of sp³-hybridized carbons (Fsp3) is 0.385. The minimum atomic E-state index is -0.837. The van der Waals surface area contributed by atoms with Gasteiger partial charge in [-0.1, -0.05) is 18.2 Å². The van der Waals surface area contributed by atoms with Gasteiger partial charge in [0.1, 0.15) is 0 Å². The number of carboxylic acids is 1. The summed E-state index contributed by atoms with van der Waals surface area (Å²) in [6.45, 7) is 1.91. The van der Waals surface area contributed by atoms with Crippen LogP contribution in [-0.2, 0) is 27.2 Å². The van der Waals surface area contributed by atoms with E-state index in [-0.39, 0.29) is 18.8 Å². The molecule has 0 aromatic heterocycles. The highest BCUT2D eigenvalue weighted by molar-refractivity contribution is 5.73. The van der Waals surface area contributed by atoms with E-state index in [1.165, 1.54) is 7.11 Å². The van der Waals surface area contributed by atoms with E-state index in [4.69, 9.17) is 5.11 Å².